The van der Waals surface area contributed by atoms with E-state index in [0.717, 1.165) is 23.1 Å². The summed E-state index contributed by atoms with van der Waals surface area (Å²) in [4.78, 5) is 4.04. The van der Waals surface area contributed by atoms with Gasteiger partial charge in [-0.15, -0.1) is 0 Å². The fourth-order valence-electron chi connectivity index (χ4n) is 1.25. The van der Waals surface area contributed by atoms with Crippen LogP contribution in [0.4, 0.5) is 0 Å². The van der Waals surface area contributed by atoms with E-state index in [0.29, 0.717) is 0 Å². The summed E-state index contributed by atoms with van der Waals surface area (Å²) < 4.78 is 5.32. The first kappa shape index (κ1) is 7.31. The predicted octanol–water partition coefficient (Wildman–Crippen LogP) is 1.55. The molecule has 0 unspecified atom stereocenters. The molecule has 62 valence electrons. The summed E-state index contributed by atoms with van der Waals surface area (Å²) >= 11 is 0. The highest BCUT2D eigenvalue weighted by Crippen LogP contribution is 2.18. The van der Waals surface area contributed by atoms with Gasteiger partial charge in [-0.25, -0.2) is 0 Å². The lowest BCUT2D eigenvalue weighted by molar-refractivity contribution is 0.607. The van der Waals surface area contributed by atoms with Crippen molar-refractivity contribution in [3.63, 3.8) is 0 Å². The highest BCUT2D eigenvalue weighted by molar-refractivity contribution is 5.79. The third kappa shape index (κ3) is 1.08. The van der Waals surface area contributed by atoms with Gasteiger partial charge in [0.1, 0.15) is 5.58 Å². The maximum Gasteiger partial charge on any atom is 0.137 e. The summed E-state index contributed by atoms with van der Waals surface area (Å²) in [7, 11) is 1.91. The highest BCUT2D eigenvalue weighted by atomic mass is 16.3. The van der Waals surface area contributed by atoms with Crippen molar-refractivity contribution < 1.29 is 4.42 Å². The van der Waals surface area contributed by atoms with Crippen LogP contribution in [-0.2, 0) is 6.54 Å². The van der Waals surface area contributed by atoms with Gasteiger partial charge in [-0.1, -0.05) is 0 Å². The Morgan fingerprint density at radius 1 is 1.58 bits per heavy atom. The number of hydrogen-bond donors (Lipinski definition) is 1. The molecule has 0 saturated heterocycles. The molecule has 2 aromatic heterocycles. The summed E-state index contributed by atoms with van der Waals surface area (Å²) in [5.74, 6) is 0. The molecule has 0 aliphatic heterocycles. The normalized spacial score (nSPS) is 10.8. The topological polar surface area (TPSA) is 38.1 Å². The van der Waals surface area contributed by atoms with Crippen LogP contribution >= 0.6 is 0 Å². The molecule has 2 rings (SSSR count). The lowest BCUT2D eigenvalue weighted by Gasteiger charge is -1.93. The number of pyridine rings is 1. The molecular formula is C9H10N2O. The van der Waals surface area contributed by atoms with Gasteiger partial charge in [0.05, 0.1) is 6.26 Å². The maximum atomic E-state index is 5.32. The van der Waals surface area contributed by atoms with Crippen LogP contribution in [0.5, 0.6) is 0 Å². The molecule has 2 heterocycles. The second-order valence-electron chi connectivity index (χ2n) is 2.66. The van der Waals surface area contributed by atoms with Crippen molar-refractivity contribution >= 4 is 11.0 Å². The summed E-state index contributed by atoms with van der Waals surface area (Å²) in [6.45, 7) is 0.818. The third-order valence-corrected chi connectivity index (χ3v) is 1.82. The minimum Gasteiger partial charge on any atom is -0.464 e. The first-order valence-corrected chi connectivity index (χ1v) is 3.86. The summed E-state index contributed by atoms with van der Waals surface area (Å²) in [5, 5.41) is 4.16. The lowest BCUT2D eigenvalue weighted by atomic mass is 10.2. The van der Waals surface area contributed by atoms with Crippen LogP contribution in [0.25, 0.3) is 11.0 Å². The maximum absolute atomic E-state index is 5.32. The SMILES string of the molecule is CNCc1coc2ccncc12. The molecule has 0 atom stereocenters. The third-order valence-electron chi connectivity index (χ3n) is 1.82. The van der Waals surface area contributed by atoms with E-state index in [2.05, 4.69) is 10.3 Å². The Hall–Kier alpha value is -1.35. The van der Waals surface area contributed by atoms with Crippen LogP contribution in [0.3, 0.4) is 0 Å². The van der Waals surface area contributed by atoms with Gasteiger partial charge in [0.2, 0.25) is 0 Å². The number of rotatable bonds is 2. The van der Waals surface area contributed by atoms with Gasteiger partial charge in [-0.05, 0) is 13.1 Å². The minimum atomic E-state index is 0.818. The molecule has 0 aliphatic rings. The number of nitrogens with one attached hydrogen (secondary N) is 1. The number of aromatic nitrogens is 1. The smallest absolute Gasteiger partial charge is 0.137 e. The fraction of sp³-hybridized carbons (Fsp3) is 0.222. The van der Waals surface area contributed by atoms with E-state index in [1.165, 1.54) is 0 Å². The molecule has 0 amide bonds. The zero-order valence-corrected chi connectivity index (χ0v) is 6.87. The molecule has 2 aromatic rings. The van der Waals surface area contributed by atoms with E-state index >= 15 is 0 Å². The van der Waals surface area contributed by atoms with Crippen molar-refractivity contribution in [2.45, 2.75) is 6.54 Å². The van der Waals surface area contributed by atoms with Crippen molar-refractivity contribution in [1.82, 2.24) is 10.3 Å². The molecule has 0 aromatic carbocycles. The zero-order valence-electron chi connectivity index (χ0n) is 6.87. The number of hydrogen-bond acceptors (Lipinski definition) is 3. The molecule has 12 heavy (non-hydrogen) atoms. The molecule has 0 spiro atoms. The molecule has 3 heteroatoms. The van der Waals surface area contributed by atoms with Gasteiger partial charge in [0, 0.05) is 29.9 Å². The Bertz CT molecular complexity index is 381. The van der Waals surface area contributed by atoms with E-state index in [-0.39, 0.29) is 0 Å². The van der Waals surface area contributed by atoms with Crippen LogP contribution in [0.2, 0.25) is 0 Å². The Balaban J connectivity index is 2.55. The van der Waals surface area contributed by atoms with Crippen molar-refractivity contribution in [2.24, 2.45) is 0 Å². The highest BCUT2D eigenvalue weighted by Gasteiger charge is 2.02. The molecular weight excluding hydrogens is 152 g/mol. The Kier molecular flexibility index (Phi) is 1.80. The molecule has 0 bridgehead atoms. The summed E-state index contributed by atoms with van der Waals surface area (Å²) in [5.41, 5.74) is 2.05. The van der Waals surface area contributed by atoms with Crippen LogP contribution in [-0.4, -0.2) is 12.0 Å². The Labute approximate surface area is 70.4 Å². The van der Waals surface area contributed by atoms with Crippen LogP contribution in [0, 0.1) is 0 Å². The molecule has 0 radical (unpaired) electrons. The number of fused-ring (bicyclic) bond motifs is 1. The Morgan fingerprint density at radius 2 is 2.50 bits per heavy atom. The van der Waals surface area contributed by atoms with E-state index < -0.39 is 0 Å². The summed E-state index contributed by atoms with van der Waals surface area (Å²) in [6, 6.07) is 1.87. The fourth-order valence-corrected chi connectivity index (χ4v) is 1.25. The largest absolute Gasteiger partial charge is 0.464 e. The Morgan fingerprint density at radius 3 is 3.33 bits per heavy atom. The molecule has 3 nitrogen and oxygen atoms in total. The van der Waals surface area contributed by atoms with E-state index in [1.807, 2.05) is 19.3 Å². The average Bonchev–Trinajstić information content (AvgIpc) is 2.50. The standard InChI is InChI=1S/C9H10N2O/c1-10-4-7-6-12-9-2-3-11-5-8(7)9/h2-3,5-6,10H,4H2,1H3. The van der Waals surface area contributed by atoms with Crippen molar-refractivity contribution in [1.29, 1.82) is 0 Å². The van der Waals surface area contributed by atoms with Gasteiger partial charge < -0.3 is 9.73 Å². The van der Waals surface area contributed by atoms with Crippen LogP contribution in [0.15, 0.2) is 29.1 Å². The van der Waals surface area contributed by atoms with Crippen LogP contribution in [0.1, 0.15) is 5.56 Å². The first-order valence-electron chi connectivity index (χ1n) is 3.86. The van der Waals surface area contributed by atoms with Gasteiger partial charge in [0.15, 0.2) is 0 Å². The van der Waals surface area contributed by atoms with Gasteiger partial charge in [-0.3, -0.25) is 4.98 Å². The second-order valence-corrected chi connectivity index (χ2v) is 2.66. The van der Waals surface area contributed by atoms with E-state index in [1.54, 1.807) is 12.5 Å². The first-order chi connectivity index (χ1) is 5.92. The number of furan rings is 1. The van der Waals surface area contributed by atoms with Gasteiger partial charge in [0.25, 0.3) is 0 Å². The zero-order chi connectivity index (χ0) is 8.39. The van der Waals surface area contributed by atoms with Crippen molar-refractivity contribution in [3.05, 3.63) is 30.3 Å². The van der Waals surface area contributed by atoms with Gasteiger partial charge >= 0.3 is 0 Å². The minimum absolute atomic E-state index is 0.818. The molecule has 0 fully saturated rings. The van der Waals surface area contributed by atoms with Crippen molar-refractivity contribution in [2.75, 3.05) is 7.05 Å². The monoisotopic (exact) mass is 162 g/mol. The van der Waals surface area contributed by atoms with Crippen molar-refractivity contribution in [3.8, 4) is 0 Å². The predicted molar refractivity (Wildman–Crippen MR) is 46.8 cm³/mol. The molecule has 0 saturated carbocycles. The van der Waals surface area contributed by atoms with E-state index in [9.17, 15) is 0 Å². The van der Waals surface area contributed by atoms with E-state index in [4.69, 9.17) is 4.42 Å². The van der Waals surface area contributed by atoms with Gasteiger partial charge in [-0.2, -0.15) is 0 Å². The van der Waals surface area contributed by atoms with Crippen LogP contribution < -0.4 is 5.32 Å². The quantitative estimate of drug-likeness (QED) is 0.728. The number of nitrogens with zero attached hydrogens (tertiary/aromatic N) is 1. The molecule has 0 aliphatic carbocycles. The second kappa shape index (κ2) is 2.95. The molecule has 1 N–H and O–H groups in total. The summed E-state index contributed by atoms with van der Waals surface area (Å²) in [6.07, 6.45) is 5.32. The average molecular weight is 162 g/mol. The lowest BCUT2D eigenvalue weighted by Crippen LogP contribution is -2.03.